The summed E-state index contributed by atoms with van der Waals surface area (Å²) < 4.78 is 5.74. The van der Waals surface area contributed by atoms with E-state index in [4.69, 9.17) is 4.74 Å². The van der Waals surface area contributed by atoms with Crippen molar-refractivity contribution in [1.82, 2.24) is 0 Å². The third kappa shape index (κ3) is 4.78. The number of rotatable bonds is 6. The van der Waals surface area contributed by atoms with Crippen molar-refractivity contribution >= 4 is 0 Å². The predicted octanol–water partition coefficient (Wildman–Crippen LogP) is 3.86. The van der Waals surface area contributed by atoms with Gasteiger partial charge in [-0.1, -0.05) is 19.9 Å². The Hall–Kier alpha value is -1.02. The molecule has 0 aromatic heterocycles. The van der Waals surface area contributed by atoms with Crippen LogP contribution in [-0.2, 0) is 0 Å². The molecule has 0 heterocycles. The molecule has 2 heteroatoms. The molecule has 2 nitrogen and oxygen atoms in total. The molecule has 0 spiro atoms. The van der Waals surface area contributed by atoms with Crippen molar-refractivity contribution in [3.8, 4) is 5.75 Å². The average molecular weight is 236 g/mol. The zero-order chi connectivity index (χ0) is 12.8. The molecular weight excluding hydrogens is 212 g/mol. The molecule has 1 aromatic carbocycles. The molecule has 0 aliphatic heterocycles. The van der Waals surface area contributed by atoms with Gasteiger partial charge < -0.3 is 9.84 Å². The number of aliphatic hydroxyl groups is 1. The minimum absolute atomic E-state index is 0.413. The van der Waals surface area contributed by atoms with Gasteiger partial charge in [-0.25, -0.2) is 0 Å². The summed E-state index contributed by atoms with van der Waals surface area (Å²) in [6.45, 7) is 9.01. The van der Waals surface area contributed by atoms with Crippen LogP contribution in [0.1, 0.15) is 50.8 Å². The Labute approximate surface area is 105 Å². The van der Waals surface area contributed by atoms with Crippen LogP contribution < -0.4 is 4.74 Å². The van der Waals surface area contributed by atoms with Crippen molar-refractivity contribution in [1.29, 1.82) is 0 Å². The second-order valence-corrected chi connectivity index (χ2v) is 5.09. The van der Waals surface area contributed by atoms with Crippen molar-refractivity contribution < 1.29 is 9.84 Å². The summed E-state index contributed by atoms with van der Waals surface area (Å²) in [5.74, 6) is 1.66. The Morgan fingerprint density at radius 3 is 2.47 bits per heavy atom. The van der Waals surface area contributed by atoms with Crippen LogP contribution in [0.3, 0.4) is 0 Å². The van der Waals surface area contributed by atoms with Gasteiger partial charge in [-0.2, -0.15) is 0 Å². The van der Waals surface area contributed by atoms with Gasteiger partial charge in [0.1, 0.15) is 5.75 Å². The lowest BCUT2D eigenvalue weighted by Gasteiger charge is -2.12. The third-order valence-corrected chi connectivity index (χ3v) is 2.86. The third-order valence-electron chi connectivity index (χ3n) is 2.86. The fourth-order valence-corrected chi connectivity index (χ4v) is 1.77. The summed E-state index contributed by atoms with van der Waals surface area (Å²) in [7, 11) is 0. The zero-order valence-electron chi connectivity index (χ0n) is 11.4. The lowest BCUT2D eigenvalue weighted by molar-refractivity contribution is 0.199. The highest BCUT2D eigenvalue weighted by Crippen LogP contribution is 2.22. The van der Waals surface area contributed by atoms with Crippen molar-refractivity contribution in [2.24, 2.45) is 5.92 Å². The van der Waals surface area contributed by atoms with Crippen molar-refractivity contribution in [2.45, 2.75) is 46.6 Å². The summed E-state index contributed by atoms with van der Waals surface area (Å²) in [6, 6.07) is 5.87. The van der Waals surface area contributed by atoms with Gasteiger partial charge in [0.2, 0.25) is 0 Å². The first kappa shape index (κ1) is 14.0. The molecule has 0 aliphatic rings. The molecule has 0 fully saturated rings. The van der Waals surface area contributed by atoms with E-state index in [-0.39, 0.29) is 0 Å². The summed E-state index contributed by atoms with van der Waals surface area (Å²) in [5, 5.41) is 9.47. The van der Waals surface area contributed by atoms with Gasteiger partial charge in [-0.05, 0) is 55.9 Å². The van der Waals surface area contributed by atoms with Crippen molar-refractivity contribution in [3.05, 3.63) is 29.3 Å². The van der Waals surface area contributed by atoms with E-state index in [1.807, 2.05) is 25.1 Å². The molecule has 0 radical (unpaired) electrons. The Balaban J connectivity index is 2.49. The smallest absolute Gasteiger partial charge is 0.122 e. The average Bonchev–Trinajstić information content (AvgIpc) is 2.25. The maximum Gasteiger partial charge on any atom is 0.122 e. The molecule has 17 heavy (non-hydrogen) atoms. The topological polar surface area (TPSA) is 29.5 Å². The fourth-order valence-electron chi connectivity index (χ4n) is 1.77. The van der Waals surface area contributed by atoms with Crippen molar-refractivity contribution in [3.63, 3.8) is 0 Å². The Morgan fingerprint density at radius 2 is 1.94 bits per heavy atom. The van der Waals surface area contributed by atoms with E-state index in [2.05, 4.69) is 13.8 Å². The molecule has 0 aliphatic carbocycles. The van der Waals surface area contributed by atoms with Crippen LogP contribution in [0, 0.1) is 12.8 Å². The number of hydrogen-bond acceptors (Lipinski definition) is 2. The van der Waals surface area contributed by atoms with Crippen LogP contribution in [0.25, 0.3) is 0 Å². The first-order chi connectivity index (χ1) is 8.00. The van der Waals surface area contributed by atoms with E-state index in [0.717, 1.165) is 35.8 Å². The highest BCUT2D eigenvalue weighted by Gasteiger charge is 2.05. The van der Waals surface area contributed by atoms with Crippen LogP contribution in [0.2, 0.25) is 0 Å². The second-order valence-electron chi connectivity index (χ2n) is 5.09. The van der Waals surface area contributed by atoms with E-state index in [9.17, 15) is 5.11 Å². The normalized spacial score (nSPS) is 12.8. The molecule has 96 valence electrons. The molecule has 1 aromatic rings. The molecule has 1 rings (SSSR count). The van der Waals surface area contributed by atoms with E-state index in [1.165, 1.54) is 6.42 Å². The summed E-state index contributed by atoms with van der Waals surface area (Å²) in [4.78, 5) is 0. The van der Waals surface area contributed by atoms with Gasteiger partial charge in [0.05, 0.1) is 12.7 Å². The van der Waals surface area contributed by atoms with E-state index in [1.54, 1.807) is 6.92 Å². The van der Waals surface area contributed by atoms with Gasteiger partial charge in [0.25, 0.3) is 0 Å². The monoisotopic (exact) mass is 236 g/mol. The molecule has 0 unspecified atom stereocenters. The van der Waals surface area contributed by atoms with E-state index >= 15 is 0 Å². The first-order valence-electron chi connectivity index (χ1n) is 6.42. The summed E-state index contributed by atoms with van der Waals surface area (Å²) in [6.07, 6.45) is 1.88. The van der Waals surface area contributed by atoms with Crippen molar-refractivity contribution in [2.75, 3.05) is 6.61 Å². The maximum atomic E-state index is 9.47. The summed E-state index contributed by atoms with van der Waals surface area (Å²) >= 11 is 0. The van der Waals surface area contributed by atoms with Crippen LogP contribution in [-0.4, -0.2) is 11.7 Å². The van der Waals surface area contributed by atoms with Crippen LogP contribution in [0.15, 0.2) is 18.2 Å². The number of aryl methyl sites for hydroxylation is 1. The fraction of sp³-hybridized carbons (Fsp3) is 0.600. The van der Waals surface area contributed by atoms with Gasteiger partial charge in [-0.15, -0.1) is 0 Å². The Bertz CT molecular complexity index is 343. The van der Waals surface area contributed by atoms with Gasteiger partial charge >= 0.3 is 0 Å². The number of hydrogen-bond donors (Lipinski definition) is 1. The highest BCUT2D eigenvalue weighted by molar-refractivity contribution is 5.36. The lowest BCUT2D eigenvalue weighted by atomic mass is 10.1. The summed E-state index contributed by atoms with van der Waals surface area (Å²) in [5.41, 5.74) is 2.03. The predicted molar refractivity (Wildman–Crippen MR) is 71.4 cm³/mol. The van der Waals surface area contributed by atoms with E-state index in [0.29, 0.717) is 0 Å². The highest BCUT2D eigenvalue weighted by atomic mass is 16.5. The molecule has 1 atom stereocenters. The first-order valence-corrected chi connectivity index (χ1v) is 6.42. The number of benzene rings is 1. The van der Waals surface area contributed by atoms with Gasteiger partial charge in [-0.3, -0.25) is 0 Å². The Kier molecular flexibility index (Phi) is 5.49. The molecular formula is C15H24O2. The minimum Gasteiger partial charge on any atom is -0.493 e. The molecule has 0 saturated carbocycles. The second kappa shape index (κ2) is 6.65. The molecule has 0 saturated heterocycles. The van der Waals surface area contributed by atoms with Gasteiger partial charge in [0, 0.05) is 0 Å². The Morgan fingerprint density at radius 1 is 1.24 bits per heavy atom. The zero-order valence-corrected chi connectivity index (χ0v) is 11.4. The van der Waals surface area contributed by atoms with Crippen LogP contribution >= 0.6 is 0 Å². The molecule has 0 bridgehead atoms. The number of ether oxygens (including phenoxy) is 1. The standard InChI is InChI=1S/C15H24O2/c1-11(2)6-5-9-17-15-8-7-14(13(4)16)10-12(15)3/h7-8,10-11,13,16H,5-6,9H2,1-4H3/t13-/m0/s1. The largest absolute Gasteiger partial charge is 0.493 e. The molecule has 0 amide bonds. The molecule has 1 N–H and O–H groups in total. The SMILES string of the molecule is Cc1cc([C@H](C)O)ccc1OCCCC(C)C. The van der Waals surface area contributed by atoms with Crippen LogP contribution in [0.4, 0.5) is 0 Å². The maximum absolute atomic E-state index is 9.47. The lowest BCUT2D eigenvalue weighted by Crippen LogP contribution is -2.01. The number of aliphatic hydroxyl groups excluding tert-OH is 1. The van der Waals surface area contributed by atoms with Crippen LogP contribution in [0.5, 0.6) is 5.75 Å². The van der Waals surface area contributed by atoms with Gasteiger partial charge in [0.15, 0.2) is 0 Å². The van der Waals surface area contributed by atoms with E-state index < -0.39 is 6.10 Å². The quantitative estimate of drug-likeness (QED) is 0.760. The minimum atomic E-state index is -0.413.